The molecule has 7 nitrogen and oxygen atoms in total. The van der Waals surface area contributed by atoms with Crippen LogP contribution in [0.1, 0.15) is 41.5 Å². The molecule has 1 saturated heterocycles. The van der Waals surface area contributed by atoms with Crippen molar-refractivity contribution in [1.82, 2.24) is 9.21 Å². The van der Waals surface area contributed by atoms with Crippen LogP contribution in [0, 0.1) is 0 Å². The molecular formula is C32H36N2O5S. The highest BCUT2D eigenvalue weighted by molar-refractivity contribution is 7.88. The monoisotopic (exact) mass is 560 g/mol. The molecule has 0 radical (unpaired) electrons. The number of sulfonamides is 1. The number of aromatic hydroxyl groups is 1. The number of rotatable bonds is 7. The lowest BCUT2D eigenvalue weighted by atomic mass is 9.48. The standard InChI is InChI=1S/C32H36N2O5S/c1-33(40(37,38)21-23-10-6-3-7-11-23)25-14-16-32(36)27-20-24-12-13-26(35)29-28(24)31(32,30(25)39-29)17-19-34(27)18-15-22-8-4-2-5-9-22/h2-13,25,27,30,35-36H,14-21H2,1H3/t25?,27-,30?,31+,32-/m1/s1. The van der Waals surface area contributed by atoms with E-state index < -0.39 is 33.2 Å². The summed E-state index contributed by atoms with van der Waals surface area (Å²) < 4.78 is 35.4. The smallest absolute Gasteiger partial charge is 0.218 e. The van der Waals surface area contributed by atoms with E-state index in [1.807, 2.05) is 42.5 Å². The fourth-order valence-electron chi connectivity index (χ4n) is 8.26. The zero-order chi connectivity index (χ0) is 27.7. The molecule has 210 valence electrons. The van der Waals surface area contributed by atoms with Crippen LogP contribution in [-0.2, 0) is 34.0 Å². The number of ether oxygens (including phenoxy) is 1. The van der Waals surface area contributed by atoms with E-state index >= 15 is 0 Å². The van der Waals surface area contributed by atoms with E-state index in [1.165, 1.54) is 9.87 Å². The molecule has 2 unspecified atom stereocenters. The van der Waals surface area contributed by atoms with Crippen LogP contribution in [0.5, 0.6) is 11.5 Å². The third kappa shape index (κ3) is 3.69. The second kappa shape index (κ2) is 9.31. The summed E-state index contributed by atoms with van der Waals surface area (Å²) in [5.74, 6) is 0.394. The zero-order valence-corrected chi connectivity index (χ0v) is 23.6. The van der Waals surface area contributed by atoms with Crippen molar-refractivity contribution in [2.24, 2.45) is 0 Å². The van der Waals surface area contributed by atoms with Gasteiger partial charge in [-0.2, -0.15) is 4.31 Å². The molecule has 40 heavy (non-hydrogen) atoms. The predicted octanol–water partition coefficient (Wildman–Crippen LogP) is 3.62. The van der Waals surface area contributed by atoms with Crippen molar-refractivity contribution in [3.05, 3.63) is 95.1 Å². The lowest BCUT2D eigenvalue weighted by Gasteiger charge is -2.64. The van der Waals surface area contributed by atoms with Crippen LogP contribution in [0.3, 0.4) is 0 Å². The van der Waals surface area contributed by atoms with Gasteiger partial charge in [-0.05, 0) is 61.4 Å². The largest absolute Gasteiger partial charge is 0.504 e. The molecule has 0 amide bonds. The number of likely N-dealkylation sites (N-methyl/N-ethyl adjacent to an activating group) is 1. The van der Waals surface area contributed by atoms with Gasteiger partial charge in [0.25, 0.3) is 0 Å². The minimum Gasteiger partial charge on any atom is -0.504 e. The molecule has 2 N–H and O–H groups in total. The van der Waals surface area contributed by atoms with Crippen molar-refractivity contribution in [2.45, 2.75) is 67.1 Å². The Morgan fingerprint density at radius 1 is 1.00 bits per heavy atom. The van der Waals surface area contributed by atoms with E-state index in [9.17, 15) is 18.6 Å². The van der Waals surface area contributed by atoms with Gasteiger partial charge in [0.1, 0.15) is 6.10 Å². The van der Waals surface area contributed by atoms with Gasteiger partial charge in [-0.25, -0.2) is 8.42 Å². The van der Waals surface area contributed by atoms with Gasteiger partial charge < -0.3 is 14.9 Å². The van der Waals surface area contributed by atoms with Crippen LogP contribution in [0.4, 0.5) is 0 Å². The fourth-order valence-corrected chi connectivity index (χ4v) is 9.70. The van der Waals surface area contributed by atoms with E-state index in [4.69, 9.17) is 4.74 Å². The van der Waals surface area contributed by atoms with Crippen molar-refractivity contribution in [3.8, 4) is 11.5 Å². The second-order valence-electron chi connectivity index (χ2n) is 12.0. The summed E-state index contributed by atoms with van der Waals surface area (Å²) in [5, 5.41) is 23.6. The maximum Gasteiger partial charge on any atom is 0.218 e. The molecule has 2 aliphatic heterocycles. The minimum atomic E-state index is -3.66. The first-order valence-electron chi connectivity index (χ1n) is 14.3. The van der Waals surface area contributed by atoms with Crippen LogP contribution in [0.15, 0.2) is 72.8 Å². The van der Waals surface area contributed by atoms with Gasteiger partial charge in [-0.15, -0.1) is 0 Å². The normalized spacial score (nSPS) is 30.6. The highest BCUT2D eigenvalue weighted by Gasteiger charge is 2.73. The van der Waals surface area contributed by atoms with Gasteiger partial charge in [0.15, 0.2) is 11.5 Å². The number of phenols is 1. The molecule has 2 bridgehead atoms. The van der Waals surface area contributed by atoms with E-state index in [0.717, 1.165) is 36.2 Å². The number of hydrogen-bond donors (Lipinski definition) is 2. The second-order valence-corrected chi connectivity index (χ2v) is 14.0. The molecule has 8 heteroatoms. The fraction of sp³-hybridized carbons (Fsp3) is 0.438. The summed E-state index contributed by atoms with van der Waals surface area (Å²) in [4.78, 5) is 2.43. The Morgan fingerprint density at radius 2 is 1.70 bits per heavy atom. The molecule has 2 heterocycles. The number of piperidine rings is 1. The third-order valence-corrected chi connectivity index (χ3v) is 12.0. The predicted molar refractivity (Wildman–Crippen MR) is 153 cm³/mol. The molecule has 4 aliphatic rings. The maximum atomic E-state index is 13.7. The first-order chi connectivity index (χ1) is 19.2. The van der Waals surface area contributed by atoms with Crippen LogP contribution in [0.25, 0.3) is 0 Å². The summed E-state index contributed by atoms with van der Waals surface area (Å²) in [6.07, 6.45) is 2.61. The lowest BCUT2D eigenvalue weighted by molar-refractivity contribution is -0.195. The number of phenolic OH excluding ortho intramolecular Hbond substituents is 1. The molecule has 2 aliphatic carbocycles. The highest BCUT2D eigenvalue weighted by atomic mass is 32.2. The van der Waals surface area contributed by atoms with Gasteiger partial charge in [0.2, 0.25) is 10.0 Å². The Hall–Kier alpha value is -2.91. The van der Waals surface area contributed by atoms with Gasteiger partial charge in [-0.1, -0.05) is 66.7 Å². The molecule has 5 atom stereocenters. The van der Waals surface area contributed by atoms with Gasteiger partial charge in [0.05, 0.1) is 22.8 Å². The van der Waals surface area contributed by atoms with Crippen LogP contribution in [0.2, 0.25) is 0 Å². The maximum absolute atomic E-state index is 13.7. The SMILES string of the molecule is CN(C1CC[C@@]2(O)[C@H]3Cc4ccc(O)c5c4[C@@]2(CCN3CCc2ccccc2)C1O5)S(=O)(=O)Cc1ccccc1. The summed E-state index contributed by atoms with van der Waals surface area (Å²) in [6, 6.07) is 22.7. The number of aliphatic hydroxyl groups is 1. The van der Waals surface area contributed by atoms with E-state index in [2.05, 4.69) is 29.2 Å². The van der Waals surface area contributed by atoms with E-state index in [-0.39, 0.29) is 17.5 Å². The molecular weight excluding hydrogens is 524 g/mol. The highest BCUT2D eigenvalue weighted by Crippen LogP contribution is 2.65. The van der Waals surface area contributed by atoms with Crippen molar-refractivity contribution >= 4 is 10.0 Å². The van der Waals surface area contributed by atoms with Crippen molar-refractivity contribution < 1.29 is 23.4 Å². The summed E-state index contributed by atoms with van der Waals surface area (Å²) in [5.41, 5.74) is 2.14. The first-order valence-corrected chi connectivity index (χ1v) is 15.9. The molecule has 0 aromatic heterocycles. The van der Waals surface area contributed by atoms with Gasteiger partial charge >= 0.3 is 0 Å². The average molecular weight is 561 g/mol. The Kier molecular flexibility index (Phi) is 6.06. The Labute approximate surface area is 236 Å². The quantitative estimate of drug-likeness (QED) is 0.459. The molecule has 2 fully saturated rings. The average Bonchev–Trinajstić information content (AvgIpc) is 3.30. The molecule has 1 spiro atoms. The summed E-state index contributed by atoms with van der Waals surface area (Å²) in [6.45, 7) is 1.62. The Balaban J connectivity index is 1.25. The number of benzene rings is 3. The van der Waals surface area contributed by atoms with Crippen LogP contribution >= 0.6 is 0 Å². The van der Waals surface area contributed by atoms with Gasteiger partial charge in [-0.3, -0.25) is 4.90 Å². The van der Waals surface area contributed by atoms with E-state index in [0.29, 0.717) is 31.4 Å². The third-order valence-electron chi connectivity index (χ3n) is 10.2. The number of hydrogen-bond acceptors (Lipinski definition) is 6. The minimum absolute atomic E-state index is 0.0587. The van der Waals surface area contributed by atoms with Gasteiger partial charge in [0, 0.05) is 25.2 Å². The van der Waals surface area contributed by atoms with Crippen molar-refractivity contribution in [2.75, 3.05) is 20.1 Å². The Bertz CT molecular complexity index is 1530. The van der Waals surface area contributed by atoms with Crippen molar-refractivity contribution in [1.29, 1.82) is 0 Å². The first kappa shape index (κ1) is 26.0. The molecule has 1 saturated carbocycles. The number of likely N-dealkylation sites (tertiary alicyclic amines) is 1. The van der Waals surface area contributed by atoms with Crippen LogP contribution in [-0.4, -0.2) is 71.8 Å². The zero-order valence-electron chi connectivity index (χ0n) is 22.7. The summed E-state index contributed by atoms with van der Waals surface area (Å²) in [7, 11) is -2.01. The Morgan fingerprint density at radius 3 is 2.42 bits per heavy atom. The summed E-state index contributed by atoms with van der Waals surface area (Å²) >= 11 is 0. The van der Waals surface area contributed by atoms with E-state index in [1.54, 1.807) is 13.1 Å². The lowest BCUT2D eigenvalue weighted by Crippen LogP contribution is -2.78. The van der Waals surface area contributed by atoms with Crippen molar-refractivity contribution in [3.63, 3.8) is 0 Å². The molecule has 3 aromatic carbocycles. The topological polar surface area (TPSA) is 90.3 Å². The molecule has 3 aromatic rings. The number of nitrogens with zero attached hydrogens (tertiary/aromatic N) is 2. The van der Waals surface area contributed by atoms with Crippen LogP contribution < -0.4 is 4.74 Å². The molecule has 7 rings (SSSR count).